The molecule has 0 aliphatic rings. The van der Waals surface area contributed by atoms with Crippen molar-refractivity contribution in [2.45, 2.75) is 19.4 Å². The van der Waals surface area contributed by atoms with Crippen LogP contribution >= 0.6 is 31.9 Å². The van der Waals surface area contributed by atoms with Crippen molar-refractivity contribution in [2.75, 3.05) is 13.7 Å². The molecule has 112 valence electrons. The van der Waals surface area contributed by atoms with Crippen LogP contribution < -0.4 is 10.1 Å². The SMILES string of the molecule is CCCOc1ccc(C(NC)c2cccc(Br)c2)cc1Br. The molecule has 1 atom stereocenters. The van der Waals surface area contributed by atoms with Gasteiger partial charge in [-0.2, -0.15) is 0 Å². The zero-order chi connectivity index (χ0) is 15.2. The molecular formula is C17H19Br2NO. The van der Waals surface area contributed by atoms with Crippen molar-refractivity contribution in [2.24, 2.45) is 0 Å². The summed E-state index contributed by atoms with van der Waals surface area (Å²) in [4.78, 5) is 0. The van der Waals surface area contributed by atoms with Gasteiger partial charge < -0.3 is 10.1 Å². The van der Waals surface area contributed by atoms with E-state index in [1.165, 1.54) is 11.1 Å². The van der Waals surface area contributed by atoms with Crippen LogP contribution in [0.15, 0.2) is 51.4 Å². The van der Waals surface area contributed by atoms with Crippen LogP contribution in [0, 0.1) is 0 Å². The quantitative estimate of drug-likeness (QED) is 0.694. The minimum absolute atomic E-state index is 0.152. The van der Waals surface area contributed by atoms with Crippen LogP contribution in [0.4, 0.5) is 0 Å². The van der Waals surface area contributed by atoms with E-state index in [9.17, 15) is 0 Å². The van der Waals surface area contributed by atoms with Gasteiger partial charge in [0, 0.05) is 4.47 Å². The van der Waals surface area contributed by atoms with Crippen molar-refractivity contribution < 1.29 is 4.74 Å². The van der Waals surface area contributed by atoms with Crippen LogP contribution in [-0.4, -0.2) is 13.7 Å². The molecule has 0 aliphatic carbocycles. The highest BCUT2D eigenvalue weighted by molar-refractivity contribution is 9.10. The summed E-state index contributed by atoms with van der Waals surface area (Å²) < 4.78 is 7.78. The average Bonchev–Trinajstić information content (AvgIpc) is 2.47. The van der Waals surface area contributed by atoms with E-state index >= 15 is 0 Å². The van der Waals surface area contributed by atoms with Crippen LogP contribution in [0.3, 0.4) is 0 Å². The van der Waals surface area contributed by atoms with Gasteiger partial charge in [-0.15, -0.1) is 0 Å². The van der Waals surface area contributed by atoms with Crippen molar-refractivity contribution >= 4 is 31.9 Å². The molecule has 0 fully saturated rings. The zero-order valence-corrected chi connectivity index (χ0v) is 15.4. The van der Waals surface area contributed by atoms with Gasteiger partial charge in [0.2, 0.25) is 0 Å². The van der Waals surface area contributed by atoms with E-state index in [1.807, 2.05) is 19.2 Å². The lowest BCUT2D eigenvalue weighted by Gasteiger charge is -2.19. The monoisotopic (exact) mass is 411 g/mol. The van der Waals surface area contributed by atoms with E-state index in [0.717, 1.165) is 27.7 Å². The summed E-state index contributed by atoms with van der Waals surface area (Å²) in [6.07, 6.45) is 1.01. The third-order valence-corrected chi connectivity index (χ3v) is 4.33. The van der Waals surface area contributed by atoms with Gasteiger partial charge in [0.15, 0.2) is 0 Å². The second-order valence-electron chi connectivity index (χ2n) is 4.82. The Balaban J connectivity index is 2.28. The summed E-state index contributed by atoms with van der Waals surface area (Å²) in [7, 11) is 1.97. The Hall–Kier alpha value is -0.840. The molecule has 0 radical (unpaired) electrons. The lowest BCUT2D eigenvalue weighted by Crippen LogP contribution is -2.17. The molecule has 0 bridgehead atoms. The third-order valence-electron chi connectivity index (χ3n) is 3.22. The van der Waals surface area contributed by atoms with Gasteiger partial charge in [0.1, 0.15) is 5.75 Å². The van der Waals surface area contributed by atoms with Gasteiger partial charge in [-0.05, 0) is 64.8 Å². The Morgan fingerprint density at radius 2 is 1.86 bits per heavy atom. The van der Waals surface area contributed by atoms with Gasteiger partial charge in [0.05, 0.1) is 17.1 Å². The summed E-state index contributed by atoms with van der Waals surface area (Å²) in [6.45, 7) is 2.84. The molecule has 1 N–H and O–H groups in total. The number of hydrogen-bond acceptors (Lipinski definition) is 2. The minimum Gasteiger partial charge on any atom is -0.492 e. The molecular weight excluding hydrogens is 394 g/mol. The Morgan fingerprint density at radius 1 is 1.10 bits per heavy atom. The largest absolute Gasteiger partial charge is 0.492 e. The predicted octanol–water partition coefficient (Wildman–Crippen LogP) is 5.31. The number of benzene rings is 2. The van der Waals surface area contributed by atoms with Crippen LogP contribution in [0.2, 0.25) is 0 Å². The molecule has 2 aromatic carbocycles. The van der Waals surface area contributed by atoms with Crippen molar-refractivity contribution in [1.82, 2.24) is 5.32 Å². The Morgan fingerprint density at radius 3 is 2.48 bits per heavy atom. The molecule has 0 saturated carbocycles. The molecule has 0 aliphatic heterocycles. The van der Waals surface area contributed by atoms with Crippen molar-refractivity contribution in [3.05, 3.63) is 62.5 Å². The van der Waals surface area contributed by atoms with Crippen molar-refractivity contribution in [3.8, 4) is 5.75 Å². The summed E-state index contributed by atoms with van der Waals surface area (Å²) in [5, 5.41) is 3.37. The van der Waals surface area contributed by atoms with Crippen LogP contribution in [0.1, 0.15) is 30.5 Å². The molecule has 4 heteroatoms. The van der Waals surface area contributed by atoms with E-state index in [1.54, 1.807) is 0 Å². The van der Waals surface area contributed by atoms with Crippen LogP contribution in [0.5, 0.6) is 5.75 Å². The molecule has 1 unspecified atom stereocenters. The first kappa shape index (κ1) is 16.5. The maximum absolute atomic E-state index is 5.70. The fourth-order valence-corrected chi connectivity index (χ4v) is 3.17. The molecule has 0 saturated heterocycles. The third kappa shape index (κ3) is 4.31. The first-order valence-electron chi connectivity index (χ1n) is 7.00. The topological polar surface area (TPSA) is 21.3 Å². The first-order valence-corrected chi connectivity index (χ1v) is 8.59. The molecule has 0 aromatic heterocycles. The average molecular weight is 413 g/mol. The molecule has 0 amide bonds. The highest BCUT2D eigenvalue weighted by Crippen LogP contribution is 2.31. The fourth-order valence-electron chi connectivity index (χ4n) is 2.24. The van der Waals surface area contributed by atoms with Gasteiger partial charge in [-0.1, -0.05) is 41.1 Å². The summed E-state index contributed by atoms with van der Waals surface area (Å²) in [5.74, 6) is 0.893. The smallest absolute Gasteiger partial charge is 0.133 e. The van der Waals surface area contributed by atoms with Gasteiger partial charge in [-0.3, -0.25) is 0 Å². The molecule has 2 nitrogen and oxygen atoms in total. The molecule has 2 rings (SSSR count). The van der Waals surface area contributed by atoms with Crippen LogP contribution in [-0.2, 0) is 0 Å². The van der Waals surface area contributed by atoms with Gasteiger partial charge in [0.25, 0.3) is 0 Å². The van der Waals surface area contributed by atoms with Gasteiger partial charge in [-0.25, -0.2) is 0 Å². The lowest BCUT2D eigenvalue weighted by atomic mass is 9.99. The van der Waals surface area contributed by atoms with Gasteiger partial charge >= 0.3 is 0 Å². The highest BCUT2D eigenvalue weighted by Gasteiger charge is 2.14. The maximum Gasteiger partial charge on any atom is 0.133 e. The normalized spacial score (nSPS) is 12.2. The predicted molar refractivity (Wildman–Crippen MR) is 95.0 cm³/mol. The number of ether oxygens (including phenoxy) is 1. The summed E-state index contributed by atoms with van der Waals surface area (Å²) in [5.41, 5.74) is 2.42. The van der Waals surface area contributed by atoms with Crippen LogP contribution in [0.25, 0.3) is 0 Å². The number of rotatable bonds is 6. The minimum atomic E-state index is 0.152. The molecule has 21 heavy (non-hydrogen) atoms. The lowest BCUT2D eigenvalue weighted by molar-refractivity contribution is 0.315. The second-order valence-corrected chi connectivity index (χ2v) is 6.59. The van der Waals surface area contributed by atoms with E-state index in [4.69, 9.17) is 4.74 Å². The fraction of sp³-hybridized carbons (Fsp3) is 0.294. The molecule has 0 heterocycles. The standard InChI is InChI=1S/C17H19Br2NO/c1-3-9-21-16-8-7-13(11-15(16)19)17(20-2)12-5-4-6-14(18)10-12/h4-8,10-11,17,20H,3,9H2,1-2H3. The van der Waals surface area contributed by atoms with E-state index in [-0.39, 0.29) is 6.04 Å². The van der Waals surface area contributed by atoms with E-state index < -0.39 is 0 Å². The molecule has 2 aromatic rings. The highest BCUT2D eigenvalue weighted by atomic mass is 79.9. The number of hydrogen-bond donors (Lipinski definition) is 1. The summed E-state index contributed by atoms with van der Waals surface area (Å²) >= 11 is 7.13. The second kappa shape index (κ2) is 7.97. The number of halogens is 2. The Labute approximate surface area is 143 Å². The summed E-state index contributed by atoms with van der Waals surface area (Å²) in [6, 6.07) is 14.8. The maximum atomic E-state index is 5.70. The van der Waals surface area contributed by atoms with E-state index in [2.05, 4.69) is 74.4 Å². The Bertz CT molecular complexity index is 601. The van der Waals surface area contributed by atoms with Crippen molar-refractivity contribution in [3.63, 3.8) is 0 Å². The first-order chi connectivity index (χ1) is 10.2. The van der Waals surface area contributed by atoms with Crippen molar-refractivity contribution in [1.29, 1.82) is 0 Å². The zero-order valence-electron chi connectivity index (χ0n) is 12.2. The molecule has 0 spiro atoms. The number of nitrogens with one attached hydrogen (secondary N) is 1. The van der Waals surface area contributed by atoms with E-state index in [0.29, 0.717) is 0 Å². The Kier molecular flexibility index (Phi) is 6.27.